The van der Waals surface area contributed by atoms with E-state index in [4.69, 9.17) is 5.84 Å². The number of hydrogen-bond donors (Lipinski definition) is 4. The molecule has 5 N–H and O–H groups in total. The molecule has 11 nitrogen and oxygen atoms in total. The Morgan fingerprint density at radius 1 is 1.33 bits per heavy atom. The molecular weight excluding hydrogens is 276 g/mol. The van der Waals surface area contributed by atoms with Crippen molar-refractivity contribution >= 4 is 17.8 Å². The van der Waals surface area contributed by atoms with Crippen LogP contribution in [0.1, 0.15) is 13.3 Å². The number of nitrogens with zero attached hydrogens (tertiary/aromatic N) is 6. The molecule has 0 bridgehead atoms. The summed E-state index contributed by atoms with van der Waals surface area (Å²) < 4.78 is 1.37. The number of nitrogen functional groups attached to an aromatic ring is 1. The van der Waals surface area contributed by atoms with E-state index in [1.54, 1.807) is 0 Å². The van der Waals surface area contributed by atoms with Gasteiger partial charge in [0, 0.05) is 19.5 Å². The van der Waals surface area contributed by atoms with Crippen LogP contribution in [0.25, 0.3) is 5.95 Å². The first-order valence-corrected chi connectivity index (χ1v) is 6.31. The molecule has 112 valence electrons. The first-order chi connectivity index (χ1) is 10.2. The van der Waals surface area contributed by atoms with Gasteiger partial charge < -0.3 is 10.6 Å². The summed E-state index contributed by atoms with van der Waals surface area (Å²) in [6.45, 7) is 2.85. The Bertz CT molecular complexity index is 584. The molecule has 0 aliphatic carbocycles. The van der Waals surface area contributed by atoms with Crippen LogP contribution in [0.3, 0.4) is 0 Å². The number of nitrogens with one attached hydrogen (secondary N) is 3. The van der Waals surface area contributed by atoms with Crippen molar-refractivity contribution < 1.29 is 4.79 Å². The zero-order valence-electron chi connectivity index (χ0n) is 11.4. The van der Waals surface area contributed by atoms with Crippen LogP contribution < -0.4 is 21.9 Å². The second kappa shape index (κ2) is 7.09. The molecule has 11 heteroatoms. The molecule has 0 spiro atoms. The Hall–Kier alpha value is -2.82. The average Bonchev–Trinajstić information content (AvgIpc) is 3.01. The summed E-state index contributed by atoms with van der Waals surface area (Å²) in [5.41, 5.74) is 2.35. The predicted molar refractivity (Wildman–Crippen MR) is 74.3 cm³/mol. The number of anilines is 2. The highest BCUT2D eigenvalue weighted by Crippen LogP contribution is 2.07. The number of amides is 1. The van der Waals surface area contributed by atoms with Gasteiger partial charge in [-0.25, -0.2) is 10.8 Å². The van der Waals surface area contributed by atoms with Crippen molar-refractivity contribution in [2.45, 2.75) is 13.3 Å². The lowest BCUT2D eigenvalue weighted by Gasteiger charge is -2.08. The Labute approximate surface area is 120 Å². The number of nitrogens with two attached hydrogens (primary N) is 1. The molecule has 0 aromatic carbocycles. The highest BCUT2D eigenvalue weighted by atomic mass is 16.1. The monoisotopic (exact) mass is 292 g/mol. The SMILES string of the molecule is CCNC(=O)CCNc1nc(NN)nc(-n2cncn2)n1. The van der Waals surface area contributed by atoms with E-state index < -0.39 is 0 Å². The van der Waals surface area contributed by atoms with E-state index in [9.17, 15) is 4.79 Å². The number of carbonyl (C=O) groups is 1. The molecule has 2 aromatic heterocycles. The van der Waals surface area contributed by atoms with Crippen LogP contribution in [0, 0.1) is 0 Å². The fourth-order valence-electron chi connectivity index (χ4n) is 1.50. The molecule has 0 atom stereocenters. The van der Waals surface area contributed by atoms with Gasteiger partial charge in [0.05, 0.1) is 0 Å². The smallest absolute Gasteiger partial charge is 0.258 e. The summed E-state index contributed by atoms with van der Waals surface area (Å²) in [5.74, 6) is 5.99. The molecule has 0 aliphatic heterocycles. The summed E-state index contributed by atoms with van der Waals surface area (Å²) in [5, 5.41) is 9.56. The highest BCUT2D eigenvalue weighted by Gasteiger charge is 2.08. The predicted octanol–water partition coefficient (Wildman–Crippen LogP) is -1.32. The van der Waals surface area contributed by atoms with Crippen LogP contribution in [0.4, 0.5) is 11.9 Å². The second-order valence-electron chi connectivity index (χ2n) is 3.90. The lowest BCUT2D eigenvalue weighted by molar-refractivity contribution is -0.120. The van der Waals surface area contributed by atoms with Crippen LogP contribution in [-0.2, 0) is 4.79 Å². The maximum absolute atomic E-state index is 11.4. The third kappa shape index (κ3) is 4.07. The van der Waals surface area contributed by atoms with Crippen LogP contribution in [0.5, 0.6) is 0 Å². The summed E-state index contributed by atoms with van der Waals surface area (Å²) in [6.07, 6.45) is 3.12. The standard InChI is InChI=1S/C10H16N10O/c1-2-13-7(21)3-4-14-8-16-9(19-11)18-10(17-8)20-6-12-5-15-20/h5-6H,2-4,11H2,1H3,(H,13,21)(H2,14,16,17,18,19). The zero-order chi connectivity index (χ0) is 15.1. The van der Waals surface area contributed by atoms with Gasteiger partial charge >= 0.3 is 0 Å². The fraction of sp³-hybridized carbons (Fsp3) is 0.400. The van der Waals surface area contributed by atoms with Crippen LogP contribution in [0.15, 0.2) is 12.7 Å². The maximum atomic E-state index is 11.4. The molecule has 0 unspecified atom stereocenters. The van der Waals surface area contributed by atoms with Gasteiger partial charge in [-0.05, 0) is 6.92 Å². The van der Waals surface area contributed by atoms with Gasteiger partial charge in [0.1, 0.15) is 12.7 Å². The van der Waals surface area contributed by atoms with E-state index in [0.717, 1.165) is 0 Å². The van der Waals surface area contributed by atoms with Gasteiger partial charge in [-0.15, -0.1) is 0 Å². The normalized spacial score (nSPS) is 10.2. The van der Waals surface area contributed by atoms with Crippen molar-refractivity contribution in [3.05, 3.63) is 12.7 Å². The Kier molecular flexibility index (Phi) is 4.93. The summed E-state index contributed by atoms with van der Waals surface area (Å²) in [6, 6.07) is 0. The van der Waals surface area contributed by atoms with Gasteiger partial charge in [-0.2, -0.15) is 24.7 Å². The molecule has 0 fully saturated rings. The lowest BCUT2D eigenvalue weighted by Crippen LogP contribution is -2.25. The van der Waals surface area contributed by atoms with E-state index in [-0.39, 0.29) is 23.8 Å². The maximum Gasteiger partial charge on any atom is 0.258 e. The first-order valence-electron chi connectivity index (χ1n) is 6.31. The third-order valence-electron chi connectivity index (χ3n) is 2.39. The Morgan fingerprint density at radius 2 is 2.14 bits per heavy atom. The third-order valence-corrected chi connectivity index (χ3v) is 2.39. The van der Waals surface area contributed by atoms with Crippen molar-refractivity contribution in [3.8, 4) is 5.95 Å². The molecule has 0 aliphatic rings. The van der Waals surface area contributed by atoms with Crippen LogP contribution in [0.2, 0.25) is 0 Å². The Balaban J connectivity index is 2.05. The van der Waals surface area contributed by atoms with Gasteiger partial charge in [0.15, 0.2) is 0 Å². The molecule has 0 saturated carbocycles. The number of rotatable bonds is 7. The van der Waals surface area contributed by atoms with Crippen molar-refractivity contribution in [1.82, 2.24) is 35.0 Å². The number of aromatic nitrogens is 6. The van der Waals surface area contributed by atoms with Gasteiger partial charge in [0.2, 0.25) is 17.8 Å². The van der Waals surface area contributed by atoms with E-state index in [2.05, 4.69) is 41.1 Å². The molecule has 2 aromatic rings. The van der Waals surface area contributed by atoms with Crippen LogP contribution in [-0.4, -0.2) is 48.7 Å². The Morgan fingerprint density at radius 3 is 2.81 bits per heavy atom. The first kappa shape index (κ1) is 14.6. The molecule has 1 amide bonds. The van der Waals surface area contributed by atoms with Crippen molar-refractivity contribution in [2.24, 2.45) is 5.84 Å². The lowest BCUT2D eigenvalue weighted by atomic mass is 10.4. The molecule has 21 heavy (non-hydrogen) atoms. The number of hydrazine groups is 1. The molecule has 2 rings (SSSR count). The van der Waals surface area contributed by atoms with Crippen LogP contribution >= 0.6 is 0 Å². The van der Waals surface area contributed by atoms with E-state index in [1.807, 2.05) is 6.92 Å². The van der Waals surface area contributed by atoms with Gasteiger partial charge in [-0.3, -0.25) is 10.2 Å². The molecule has 2 heterocycles. The number of hydrogen-bond acceptors (Lipinski definition) is 9. The second-order valence-corrected chi connectivity index (χ2v) is 3.90. The fourth-order valence-corrected chi connectivity index (χ4v) is 1.50. The molecule has 0 radical (unpaired) electrons. The van der Waals surface area contributed by atoms with Crippen molar-refractivity contribution in [2.75, 3.05) is 23.8 Å². The van der Waals surface area contributed by atoms with Gasteiger partial charge in [-0.1, -0.05) is 0 Å². The summed E-state index contributed by atoms with van der Waals surface area (Å²) in [7, 11) is 0. The highest BCUT2D eigenvalue weighted by molar-refractivity contribution is 5.76. The van der Waals surface area contributed by atoms with Crippen molar-refractivity contribution in [3.63, 3.8) is 0 Å². The van der Waals surface area contributed by atoms with Gasteiger partial charge in [0.25, 0.3) is 5.95 Å². The summed E-state index contributed by atoms with van der Waals surface area (Å²) in [4.78, 5) is 27.4. The minimum absolute atomic E-state index is 0.0484. The summed E-state index contributed by atoms with van der Waals surface area (Å²) >= 11 is 0. The largest absolute Gasteiger partial charge is 0.356 e. The number of carbonyl (C=O) groups excluding carboxylic acids is 1. The minimum Gasteiger partial charge on any atom is -0.356 e. The van der Waals surface area contributed by atoms with E-state index in [0.29, 0.717) is 19.5 Å². The van der Waals surface area contributed by atoms with E-state index in [1.165, 1.54) is 17.3 Å². The molecule has 0 saturated heterocycles. The topological polar surface area (TPSA) is 149 Å². The average molecular weight is 292 g/mol. The van der Waals surface area contributed by atoms with E-state index >= 15 is 0 Å². The zero-order valence-corrected chi connectivity index (χ0v) is 11.4. The molecular formula is C10H16N10O. The quantitative estimate of drug-likeness (QED) is 0.360. The van der Waals surface area contributed by atoms with Crippen molar-refractivity contribution in [1.29, 1.82) is 0 Å². The minimum atomic E-state index is -0.0484.